The fourth-order valence-corrected chi connectivity index (χ4v) is 1.73. The zero-order chi connectivity index (χ0) is 11.4. The van der Waals surface area contributed by atoms with Crippen LogP contribution in [0.25, 0.3) is 0 Å². The molecule has 0 aliphatic carbocycles. The largest absolute Gasteiger partial charge is 0.456 e. The third kappa shape index (κ3) is 2.62. The molecule has 0 aliphatic heterocycles. The van der Waals surface area contributed by atoms with E-state index in [9.17, 15) is 0 Å². The molecule has 2 nitrogen and oxygen atoms in total. The van der Waals surface area contributed by atoms with Gasteiger partial charge in [0, 0.05) is 0 Å². The van der Waals surface area contributed by atoms with Crippen molar-refractivity contribution in [2.24, 2.45) is 0 Å². The van der Waals surface area contributed by atoms with Crippen molar-refractivity contribution in [3.05, 3.63) is 58.6 Å². The van der Waals surface area contributed by atoms with Crippen molar-refractivity contribution in [1.29, 1.82) is 0 Å². The molecule has 1 N–H and O–H groups in total. The number of hydrogen-bond donors (Lipinski definition) is 1. The Hall–Kier alpha value is -1.32. The number of halogens is 1. The van der Waals surface area contributed by atoms with Crippen LogP contribution in [-0.4, -0.2) is 5.11 Å². The second-order valence-corrected chi connectivity index (χ2v) is 4.19. The highest BCUT2D eigenvalue weighted by Gasteiger charge is 2.01. The maximum atomic E-state index is 9.02. The highest BCUT2D eigenvalue weighted by atomic mass is 79.9. The van der Waals surface area contributed by atoms with E-state index in [1.807, 2.05) is 48.5 Å². The number of aliphatic hydroxyl groups is 1. The lowest BCUT2D eigenvalue weighted by Gasteiger charge is -2.08. The van der Waals surface area contributed by atoms with Crippen molar-refractivity contribution in [2.75, 3.05) is 0 Å². The van der Waals surface area contributed by atoms with E-state index in [2.05, 4.69) is 15.9 Å². The summed E-state index contributed by atoms with van der Waals surface area (Å²) in [5.74, 6) is 1.48. The standard InChI is InChI=1S/C13H11BrO2/c14-12-6-1-2-7-13(12)16-11-5-3-4-10(8-11)9-15/h1-8,15H,9H2. The van der Waals surface area contributed by atoms with Crippen molar-refractivity contribution in [3.8, 4) is 11.5 Å². The smallest absolute Gasteiger partial charge is 0.141 e. The van der Waals surface area contributed by atoms with Gasteiger partial charge in [-0.15, -0.1) is 0 Å². The van der Waals surface area contributed by atoms with Gasteiger partial charge in [0.1, 0.15) is 11.5 Å². The van der Waals surface area contributed by atoms with E-state index < -0.39 is 0 Å². The molecule has 0 unspecified atom stereocenters. The van der Waals surface area contributed by atoms with Crippen molar-refractivity contribution < 1.29 is 9.84 Å². The van der Waals surface area contributed by atoms with Crippen LogP contribution in [0.15, 0.2) is 53.0 Å². The predicted octanol–water partition coefficient (Wildman–Crippen LogP) is 3.73. The van der Waals surface area contributed by atoms with Gasteiger partial charge in [0.25, 0.3) is 0 Å². The first-order chi connectivity index (χ1) is 7.79. The molecule has 0 saturated heterocycles. The molecule has 0 spiro atoms. The monoisotopic (exact) mass is 278 g/mol. The van der Waals surface area contributed by atoms with Gasteiger partial charge in [-0.25, -0.2) is 0 Å². The van der Waals surface area contributed by atoms with Crippen molar-refractivity contribution >= 4 is 15.9 Å². The predicted molar refractivity (Wildman–Crippen MR) is 66.6 cm³/mol. The maximum Gasteiger partial charge on any atom is 0.141 e. The van der Waals surface area contributed by atoms with Crippen molar-refractivity contribution in [2.45, 2.75) is 6.61 Å². The highest BCUT2D eigenvalue weighted by molar-refractivity contribution is 9.10. The molecule has 82 valence electrons. The fourth-order valence-electron chi connectivity index (χ4n) is 1.36. The van der Waals surface area contributed by atoms with E-state index in [1.165, 1.54) is 0 Å². The second kappa shape index (κ2) is 5.14. The first-order valence-corrected chi connectivity index (χ1v) is 5.71. The molecule has 0 bridgehead atoms. The van der Waals surface area contributed by atoms with Gasteiger partial charge in [0.15, 0.2) is 0 Å². The van der Waals surface area contributed by atoms with Crippen molar-refractivity contribution in [1.82, 2.24) is 0 Å². The Bertz CT molecular complexity index is 483. The minimum atomic E-state index is 0.0210. The van der Waals surface area contributed by atoms with E-state index in [1.54, 1.807) is 0 Å². The molecule has 0 amide bonds. The van der Waals surface area contributed by atoms with Crippen LogP contribution in [0.4, 0.5) is 0 Å². The van der Waals surface area contributed by atoms with Crippen LogP contribution in [0.2, 0.25) is 0 Å². The van der Waals surface area contributed by atoms with Gasteiger partial charge in [0.05, 0.1) is 11.1 Å². The van der Waals surface area contributed by atoms with Crippen LogP contribution < -0.4 is 4.74 Å². The lowest BCUT2D eigenvalue weighted by Crippen LogP contribution is -1.87. The summed E-state index contributed by atoms with van der Waals surface area (Å²) in [6.45, 7) is 0.0210. The quantitative estimate of drug-likeness (QED) is 0.927. The lowest BCUT2D eigenvalue weighted by atomic mass is 10.2. The minimum absolute atomic E-state index is 0.0210. The molecule has 0 heterocycles. The Balaban J connectivity index is 2.24. The van der Waals surface area contributed by atoms with E-state index in [0.717, 1.165) is 21.5 Å². The molecule has 0 saturated carbocycles. The van der Waals surface area contributed by atoms with Crippen LogP contribution in [0, 0.1) is 0 Å². The molecule has 0 radical (unpaired) electrons. The summed E-state index contributed by atoms with van der Waals surface area (Å²) < 4.78 is 6.60. The van der Waals surface area contributed by atoms with E-state index in [4.69, 9.17) is 9.84 Å². The molecule has 0 atom stereocenters. The molecule has 2 aromatic rings. The summed E-state index contributed by atoms with van der Waals surface area (Å²) in [7, 11) is 0. The summed E-state index contributed by atoms with van der Waals surface area (Å²) in [5.41, 5.74) is 0.838. The number of aliphatic hydroxyl groups excluding tert-OH is 1. The Labute approximate surface area is 103 Å². The molecular formula is C13H11BrO2. The number of ether oxygens (including phenoxy) is 1. The molecule has 2 aromatic carbocycles. The van der Waals surface area contributed by atoms with Gasteiger partial charge in [-0.05, 0) is 45.8 Å². The average molecular weight is 279 g/mol. The van der Waals surface area contributed by atoms with E-state index >= 15 is 0 Å². The third-order valence-electron chi connectivity index (χ3n) is 2.15. The Morgan fingerprint density at radius 3 is 2.62 bits per heavy atom. The van der Waals surface area contributed by atoms with Crippen LogP contribution in [0.5, 0.6) is 11.5 Å². The average Bonchev–Trinajstić information content (AvgIpc) is 2.32. The van der Waals surface area contributed by atoms with Crippen LogP contribution in [0.1, 0.15) is 5.56 Å². The number of rotatable bonds is 3. The van der Waals surface area contributed by atoms with Crippen LogP contribution >= 0.6 is 15.9 Å². The van der Waals surface area contributed by atoms with E-state index in [-0.39, 0.29) is 6.61 Å². The number of hydrogen-bond acceptors (Lipinski definition) is 2. The van der Waals surface area contributed by atoms with Crippen molar-refractivity contribution in [3.63, 3.8) is 0 Å². The van der Waals surface area contributed by atoms with E-state index in [0.29, 0.717) is 0 Å². The minimum Gasteiger partial charge on any atom is -0.456 e. The first kappa shape index (κ1) is 11.2. The van der Waals surface area contributed by atoms with Gasteiger partial charge < -0.3 is 9.84 Å². The Morgan fingerprint density at radius 1 is 1.06 bits per heavy atom. The second-order valence-electron chi connectivity index (χ2n) is 3.34. The lowest BCUT2D eigenvalue weighted by molar-refractivity contribution is 0.281. The molecule has 0 aliphatic rings. The fraction of sp³-hybridized carbons (Fsp3) is 0.0769. The summed E-state index contributed by atoms with van der Waals surface area (Å²) in [4.78, 5) is 0. The summed E-state index contributed by atoms with van der Waals surface area (Å²) in [6.07, 6.45) is 0. The number of para-hydroxylation sites is 1. The van der Waals surface area contributed by atoms with Gasteiger partial charge in [-0.1, -0.05) is 24.3 Å². The topological polar surface area (TPSA) is 29.5 Å². The molecular weight excluding hydrogens is 268 g/mol. The van der Waals surface area contributed by atoms with Gasteiger partial charge in [-0.2, -0.15) is 0 Å². The Morgan fingerprint density at radius 2 is 1.88 bits per heavy atom. The molecule has 16 heavy (non-hydrogen) atoms. The zero-order valence-electron chi connectivity index (χ0n) is 8.56. The Kier molecular flexibility index (Phi) is 3.59. The zero-order valence-corrected chi connectivity index (χ0v) is 10.1. The highest BCUT2D eigenvalue weighted by Crippen LogP contribution is 2.29. The summed E-state index contributed by atoms with van der Waals surface area (Å²) >= 11 is 3.41. The molecule has 2 rings (SSSR count). The molecule has 0 fully saturated rings. The summed E-state index contributed by atoms with van der Waals surface area (Å²) in [5, 5.41) is 9.02. The van der Waals surface area contributed by atoms with Crippen LogP contribution in [0.3, 0.4) is 0 Å². The van der Waals surface area contributed by atoms with Gasteiger partial charge in [0.2, 0.25) is 0 Å². The number of benzene rings is 2. The normalized spacial score (nSPS) is 10.1. The molecule has 0 aromatic heterocycles. The van der Waals surface area contributed by atoms with Gasteiger partial charge >= 0.3 is 0 Å². The van der Waals surface area contributed by atoms with Crippen LogP contribution in [-0.2, 0) is 6.61 Å². The SMILES string of the molecule is OCc1cccc(Oc2ccccc2Br)c1. The first-order valence-electron chi connectivity index (χ1n) is 4.92. The third-order valence-corrected chi connectivity index (χ3v) is 2.80. The maximum absolute atomic E-state index is 9.02. The molecule has 3 heteroatoms. The summed E-state index contributed by atoms with van der Waals surface area (Å²) in [6, 6.07) is 15.0. The van der Waals surface area contributed by atoms with Gasteiger partial charge in [-0.3, -0.25) is 0 Å².